The first-order chi connectivity index (χ1) is 4.43. The zero-order valence-electron chi connectivity index (χ0n) is 5.70. The summed E-state index contributed by atoms with van der Waals surface area (Å²) < 4.78 is 4.96. The number of rotatable bonds is 2. The highest BCUT2D eigenvalue weighted by Gasteiger charge is 1.88. The highest BCUT2D eigenvalue weighted by Crippen LogP contribution is 1.99. The fraction of sp³-hybridized carbons (Fsp3) is 0.167. The van der Waals surface area contributed by atoms with E-state index in [1.54, 1.807) is 6.26 Å². The third kappa shape index (κ3) is 1.80. The van der Waals surface area contributed by atoms with Crippen LogP contribution in [0.25, 0.3) is 0 Å². The van der Waals surface area contributed by atoms with Gasteiger partial charge in [-0.2, -0.15) is 0 Å². The van der Waals surface area contributed by atoms with Gasteiger partial charge in [-0.05, 0) is 24.4 Å². The van der Waals surface area contributed by atoms with Crippen LogP contribution in [0.2, 0.25) is 0 Å². The molecular formula is C6H6NOS+. The standard InChI is InChI=1S/C6H5NOS/c9-5-7-4-6-2-1-3-8-6/h1-3H,4H2/p+1. The minimum atomic E-state index is 0. The van der Waals surface area contributed by atoms with Gasteiger partial charge in [0.05, 0.1) is 11.4 Å². The Morgan fingerprint density at radius 3 is 3.33 bits per heavy atom. The highest BCUT2D eigenvalue weighted by molar-refractivity contribution is 7.78. The van der Waals surface area contributed by atoms with Gasteiger partial charge in [0.1, 0.15) is 12.3 Å². The number of hydrogen-bond donors (Lipinski definition) is 0. The fourth-order valence-corrected chi connectivity index (χ4v) is 0.577. The maximum Gasteiger partial charge on any atom is 1.00 e. The summed E-state index contributed by atoms with van der Waals surface area (Å²) in [7, 11) is 0. The second-order valence-corrected chi connectivity index (χ2v) is 1.67. The minimum Gasteiger partial charge on any atom is -0.467 e. The van der Waals surface area contributed by atoms with Gasteiger partial charge in [0, 0.05) is 0 Å². The van der Waals surface area contributed by atoms with Crippen molar-refractivity contribution in [3.05, 3.63) is 24.2 Å². The maximum absolute atomic E-state index is 4.96. The van der Waals surface area contributed by atoms with E-state index < -0.39 is 0 Å². The molecule has 0 aliphatic heterocycles. The molecule has 0 amide bonds. The molecule has 1 rings (SSSR count). The molecule has 0 atom stereocenters. The molecule has 0 aliphatic carbocycles. The van der Waals surface area contributed by atoms with Crippen LogP contribution in [-0.2, 0) is 6.54 Å². The lowest BCUT2D eigenvalue weighted by Crippen LogP contribution is -1.71. The largest absolute Gasteiger partial charge is 1.00 e. The Balaban J connectivity index is 0.000000810. The van der Waals surface area contributed by atoms with Crippen LogP contribution in [0.5, 0.6) is 0 Å². The lowest BCUT2D eigenvalue weighted by atomic mass is 10.5. The number of thiocarbonyl (C=S) groups is 1. The monoisotopic (exact) mass is 140 g/mol. The molecular weight excluding hydrogens is 134 g/mol. The van der Waals surface area contributed by atoms with Gasteiger partial charge in [-0.25, -0.2) is 4.99 Å². The van der Waals surface area contributed by atoms with E-state index in [1.165, 1.54) is 0 Å². The van der Waals surface area contributed by atoms with Crippen molar-refractivity contribution >= 4 is 17.4 Å². The zero-order valence-corrected chi connectivity index (χ0v) is 5.52. The number of aliphatic imine (C=N–C) groups is 1. The van der Waals surface area contributed by atoms with Gasteiger partial charge in [-0.3, -0.25) is 0 Å². The number of hydrogen-bond acceptors (Lipinski definition) is 3. The van der Waals surface area contributed by atoms with E-state index in [0.717, 1.165) is 5.76 Å². The van der Waals surface area contributed by atoms with Crippen LogP contribution in [0.3, 0.4) is 0 Å². The van der Waals surface area contributed by atoms with Crippen molar-refractivity contribution in [2.45, 2.75) is 6.54 Å². The van der Waals surface area contributed by atoms with Crippen molar-refractivity contribution in [2.75, 3.05) is 0 Å². The van der Waals surface area contributed by atoms with Crippen LogP contribution in [0.1, 0.15) is 7.19 Å². The van der Waals surface area contributed by atoms with Crippen LogP contribution in [0.15, 0.2) is 27.8 Å². The van der Waals surface area contributed by atoms with Crippen LogP contribution in [-0.4, -0.2) is 5.16 Å². The summed E-state index contributed by atoms with van der Waals surface area (Å²) in [6.07, 6.45) is 1.61. The molecule has 0 N–H and O–H groups in total. The van der Waals surface area contributed by atoms with Crippen molar-refractivity contribution < 1.29 is 5.84 Å². The molecule has 0 saturated heterocycles. The molecule has 9 heavy (non-hydrogen) atoms. The molecule has 2 nitrogen and oxygen atoms in total. The average molecular weight is 140 g/mol. The van der Waals surface area contributed by atoms with Crippen molar-refractivity contribution in [2.24, 2.45) is 4.99 Å². The Labute approximate surface area is 59.7 Å². The summed E-state index contributed by atoms with van der Waals surface area (Å²) in [6, 6.07) is 3.66. The maximum atomic E-state index is 4.96. The molecule has 0 spiro atoms. The minimum absolute atomic E-state index is 0. The van der Waals surface area contributed by atoms with Gasteiger partial charge < -0.3 is 4.42 Å². The van der Waals surface area contributed by atoms with E-state index in [-0.39, 0.29) is 1.43 Å². The van der Waals surface area contributed by atoms with Crippen LogP contribution in [0.4, 0.5) is 0 Å². The van der Waals surface area contributed by atoms with Gasteiger partial charge in [0.25, 0.3) is 0 Å². The summed E-state index contributed by atoms with van der Waals surface area (Å²) in [4.78, 5) is 3.69. The molecule has 0 unspecified atom stereocenters. The molecule has 3 heteroatoms. The molecule has 0 fully saturated rings. The van der Waals surface area contributed by atoms with Gasteiger partial charge in [0.2, 0.25) is 0 Å². The van der Waals surface area contributed by atoms with Gasteiger partial charge >= 0.3 is 1.43 Å². The Bertz CT molecular complexity index is 216. The van der Waals surface area contributed by atoms with E-state index in [9.17, 15) is 0 Å². The topological polar surface area (TPSA) is 25.5 Å². The van der Waals surface area contributed by atoms with E-state index in [1.807, 2.05) is 12.1 Å². The predicted octanol–water partition coefficient (Wildman–Crippen LogP) is 1.99. The summed E-state index contributed by atoms with van der Waals surface area (Å²) in [6.45, 7) is 0.497. The quantitative estimate of drug-likeness (QED) is 0.463. The van der Waals surface area contributed by atoms with Crippen molar-refractivity contribution in [1.29, 1.82) is 0 Å². The molecule has 46 valence electrons. The molecule has 0 bridgehead atoms. The zero-order chi connectivity index (χ0) is 6.53. The van der Waals surface area contributed by atoms with E-state index in [2.05, 4.69) is 22.4 Å². The Morgan fingerprint density at radius 2 is 2.78 bits per heavy atom. The molecule has 1 heterocycles. The average Bonchev–Trinajstić information content (AvgIpc) is 2.34. The smallest absolute Gasteiger partial charge is 0.467 e. The summed E-state index contributed by atoms with van der Waals surface area (Å²) in [5.74, 6) is 0.812. The third-order valence-corrected chi connectivity index (χ3v) is 1.01. The summed E-state index contributed by atoms with van der Waals surface area (Å²) in [5, 5.41) is 2.25. The number of nitrogens with zero attached hydrogens (tertiary/aromatic N) is 1. The van der Waals surface area contributed by atoms with Gasteiger partial charge in [-0.15, -0.1) is 0 Å². The van der Waals surface area contributed by atoms with Crippen molar-refractivity contribution in [3.8, 4) is 0 Å². The van der Waals surface area contributed by atoms with E-state index in [4.69, 9.17) is 4.42 Å². The molecule has 0 aliphatic rings. The molecule has 1 aromatic heterocycles. The number of furan rings is 1. The summed E-state index contributed by atoms with van der Waals surface area (Å²) in [5.41, 5.74) is 0. The van der Waals surface area contributed by atoms with Gasteiger partial charge in [-0.1, -0.05) is 0 Å². The second-order valence-electron chi connectivity index (χ2n) is 1.49. The second kappa shape index (κ2) is 3.17. The molecule has 1 aromatic rings. The van der Waals surface area contributed by atoms with Crippen LogP contribution < -0.4 is 0 Å². The molecule has 0 aromatic carbocycles. The Kier molecular flexibility index (Phi) is 2.19. The Hall–Kier alpha value is -0.920. The normalized spacial score (nSPS) is 8.44. The first-order valence-electron chi connectivity index (χ1n) is 2.49. The predicted molar refractivity (Wildman–Crippen MR) is 38.6 cm³/mol. The SMILES string of the molecule is S=C=NCc1ccco1.[H+]. The van der Waals surface area contributed by atoms with Crippen molar-refractivity contribution in [3.63, 3.8) is 0 Å². The third-order valence-electron chi connectivity index (χ3n) is 0.880. The van der Waals surface area contributed by atoms with Crippen LogP contribution in [0, 0.1) is 0 Å². The van der Waals surface area contributed by atoms with Crippen molar-refractivity contribution in [1.82, 2.24) is 0 Å². The first-order valence-corrected chi connectivity index (χ1v) is 2.90. The lowest BCUT2D eigenvalue weighted by Gasteiger charge is -1.81. The van der Waals surface area contributed by atoms with E-state index in [0.29, 0.717) is 6.54 Å². The number of isothiocyanates is 1. The Morgan fingerprint density at radius 1 is 1.89 bits per heavy atom. The lowest BCUT2D eigenvalue weighted by molar-refractivity contribution is 0.513. The molecule has 0 saturated carbocycles. The van der Waals surface area contributed by atoms with Gasteiger partial charge in [0.15, 0.2) is 0 Å². The highest BCUT2D eigenvalue weighted by atomic mass is 32.1. The van der Waals surface area contributed by atoms with E-state index >= 15 is 0 Å². The fourth-order valence-electron chi connectivity index (χ4n) is 0.513. The summed E-state index contributed by atoms with van der Waals surface area (Å²) >= 11 is 4.37. The first kappa shape index (κ1) is 6.20. The molecule has 0 radical (unpaired) electrons. The van der Waals surface area contributed by atoms with Crippen LogP contribution >= 0.6 is 12.2 Å².